The smallest absolute Gasteiger partial charge is 0.264 e. The van der Waals surface area contributed by atoms with Gasteiger partial charge in [-0.05, 0) is 53.6 Å². The van der Waals surface area contributed by atoms with E-state index in [1.165, 1.54) is 66.5 Å². The molecule has 218 valence electrons. The fraction of sp³-hybridized carbons (Fsp3) is 0.161. The Morgan fingerprint density at radius 1 is 0.833 bits per heavy atom. The average molecular weight is 629 g/mol. The van der Waals surface area contributed by atoms with E-state index in [9.17, 15) is 22.4 Å². The van der Waals surface area contributed by atoms with Gasteiger partial charge in [0.25, 0.3) is 10.0 Å². The van der Waals surface area contributed by atoms with E-state index in [1.807, 2.05) is 30.3 Å². The van der Waals surface area contributed by atoms with Gasteiger partial charge in [0.05, 0.1) is 20.6 Å². The fourth-order valence-corrected chi connectivity index (χ4v) is 6.12. The molecule has 4 rings (SSSR count). The van der Waals surface area contributed by atoms with E-state index in [4.69, 9.17) is 23.2 Å². The number of amides is 2. The molecule has 7 nitrogen and oxygen atoms in total. The molecule has 4 aromatic rings. The number of halogens is 3. The van der Waals surface area contributed by atoms with Crippen molar-refractivity contribution in [1.82, 2.24) is 10.2 Å². The van der Waals surface area contributed by atoms with Crippen molar-refractivity contribution in [3.8, 4) is 0 Å². The molecule has 1 atom stereocenters. The Balaban J connectivity index is 1.79. The van der Waals surface area contributed by atoms with Crippen LogP contribution in [-0.2, 0) is 32.6 Å². The van der Waals surface area contributed by atoms with Crippen LogP contribution in [0.25, 0.3) is 0 Å². The zero-order valence-electron chi connectivity index (χ0n) is 22.6. The number of hydrogen-bond acceptors (Lipinski definition) is 4. The van der Waals surface area contributed by atoms with Gasteiger partial charge in [0.1, 0.15) is 18.4 Å². The van der Waals surface area contributed by atoms with E-state index in [2.05, 4.69) is 5.32 Å². The van der Waals surface area contributed by atoms with Gasteiger partial charge >= 0.3 is 0 Å². The van der Waals surface area contributed by atoms with Crippen LogP contribution in [0.3, 0.4) is 0 Å². The standard InChI is InChI=1S/C31H28Cl2FN3O4S/c1-35-31(39)29(18-22-8-4-2-5-9-22)36(20-23-12-14-24(34)15-13-23)30(38)21-37(25-16-17-27(32)28(33)19-25)42(40,41)26-10-6-3-7-11-26/h2-17,19,29H,18,20-21H2,1H3,(H,35,39)/t29-/m0/s1. The first-order valence-corrected chi connectivity index (χ1v) is 15.1. The average Bonchev–Trinajstić information content (AvgIpc) is 3.00. The highest BCUT2D eigenvalue weighted by molar-refractivity contribution is 7.92. The Hall–Kier alpha value is -3.92. The first kappa shape index (κ1) is 31.0. The second kappa shape index (κ2) is 13.8. The van der Waals surface area contributed by atoms with Gasteiger partial charge in [-0.15, -0.1) is 0 Å². The zero-order chi connectivity index (χ0) is 30.3. The summed E-state index contributed by atoms with van der Waals surface area (Å²) < 4.78 is 42.4. The Morgan fingerprint density at radius 3 is 2.05 bits per heavy atom. The monoisotopic (exact) mass is 627 g/mol. The Morgan fingerprint density at radius 2 is 1.45 bits per heavy atom. The molecule has 0 bridgehead atoms. The van der Waals surface area contributed by atoms with Crippen molar-refractivity contribution in [2.24, 2.45) is 0 Å². The van der Waals surface area contributed by atoms with Gasteiger partial charge in [0, 0.05) is 20.0 Å². The van der Waals surface area contributed by atoms with Crippen molar-refractivity contribution >= 4 is 50.7 Å². The van der Waals surface area contributed by atoms with Crippen molar-refractivity contribution in [1.29, 1.82) is 0 Å². The third-order valence-corrected chi connectivity index (χ3v) is 9.11. The molecule has 0 saturated carbocycles. The van der Waals surface area contributed by atoms with Crippen molar-refractivity contribution in [2.75, 3.05) is 17.9 Å². The van der Waals surface area contributed by atoms with Crippen LogP contribution in [0, 0.1) is 5.82 Å². The van der Waals surface area contributed by atoms with Crippen molar-refractivity contribution in [3.63, 3.8) is 0 Å². The summed E-state index contributed by atoms with van der Waals surface area (Å²) in [5, 5.41) is 2.93. The number of carbonyl (C=O) groups is 2. The molecule has 0 saturated heterocycles. The number of nitrogens with one attached hydrogen (secondary N) is 1. The van der Waals surface area contributed by atoms with Gasteiger partial charge < -0.3 is 10.2 Å². The summed E-state index contributed by atoms with van der Waals surface area (Å²) in [5.74, 6) is -1.56. The minimum Gasteiger partial charge on any atom is -0.357 e. The number of carbonyl (C=O) groups excluding carboxylic acids is 2. The van der Waals surface area contributed by atoms with Crippen molar-refractivity contribution < 1.29 is 22.4 Å². The van der Waals surface area contributed by atoms with Gasteiger partial charge in [-0.1, -0.05) is 83.9 Å². The van der Waals surface area contributed by atoms with Crippen LogP contribution < -0.4 is 9.62 Å². The molecule has 0 heterocycles. The largest absolute Gasteiger partial charge is 0.357 e. The molecule has 0 unspecified atom stereocenters. The highest BCUT2D eigenvalue weighted by Crippen LogP contribution is 2.31. The molecule has 0 aliphatic rings. The summed E-state index contributed by atoms with van der Waals surface area (Å²) >= 11 is 12.3. The summed E-state index contributed by atoms with van der Waals surface area (Å²) in [6.45, 7) is -0.733. The van der Waals surface area contributed by atoms with E-state index in [0.717, 1.165) is 9.87 Å². The lowest BCUT2D eigenvalue weighted by Gasteiger charge is -2.33. The second-order valence-corrected chi connectivity index (χ2v) is 12.1. The number of likely N-dealkylation sites (N-methyl/N-ethyl adjacent to an activating group) is 1. The maximum atomic E-state index is 14.2. The van der Waals surface area contributed by atoms with Crippen molar-refractivity contribution in [2.45, 2.75) is 23.9 Å². The minimum atomic E-state index is -4.27. The first-order valence-electron chi connectivity index (χ1n) is 12.9. The molecule has 0 radical (unpaired) electrons. The number of hydrogen-bond donors (Lipinski definition) is 1. The molecule has 0 aromatic heterocycles. The van der Waals surface area contributed by atoms with E-state index >= 15 is 0 Å². The molecule has 0 fully saturated rings. The Labute approximate surface area is 254 Å². The molecule has 0 aliphatic carbocycles. The summed E-state index contributed by atoms with van der Waals surface area (Å²) in [6, 6.07) is 25.6. The second-order valence-electron chi connectivity index (χ2n) is 9.39. The number of nitrogens with zero attached hydrogens (tertiary/aromatic N) is 2. The lowest BCUT2D eigenvalue weighted by Crippen LogP contribution is -2.53. The van der Waals surface area contributed by atoms with Crippen LogP contribution in [0.15, 0.2) is 108 Å². The topological polar surface area (TPSA) is 86.8 Å². The van der Waals surface area contributed by atoms with Crippen LogP contribution >= 0.6 is 23.2 Å². The Kier molecular flexibility index (Phi) is 10.2. The summed E-state index contributed by atoms with van der Waals surface area (Å²) in [7, 11) is -2.81. The van der Waals surface area contributed by atoms with Gasteiger partial charge in [-0.25, -0.2) is 12.8 Å². The van der Waals surface area contributed by atoms with Gasteiger partial charge in [0.2, 0.25) is 11.8 Å². The normalized spacial score (nSPS) is 11.9. The van der Waals surface area contributed by atoms with Crippen LogP contribution in [0.5, 0.6) is 0 Å². The lowest BCUT2D eigenvalue weighted by molar-refractivity contribution is -0.139. The Bertz CT molecular complexity index is 1640. The lowest BCUT2D eigenvalue weighted by atomic mass is 10.0. The molecule has 2 amide bonds. The maximum absolute atomic E-state index is 14.2. The molecular formula is C31H28Cl2FN3O4S. The highest BCUT2D eigenvalue weighted by atomic mass is 35.5. The predicted octanol–water partition coefficient (Wildman–Crippen LogP) is 5.71. The molecule has 1 N–H and O–H groups in total. The van der Waals surface area contributed by atoms with E-state index in [-0.39, 0.29) is 33.6 Å². The third kappa shape index (κ3) is 7.47. The van der Waals surface area contributed by atoms with E-state index in [1.54, 1.807) is 18.2 Å². The first-order chi connectivity index (χ1) is 20.1. The summed E-state index contributed by atoms with van der Waals surface area (Å²) in [5.41, 5.74) is 1.46. The molecular weight excluding hydrogens is 600 g/mol. The van der Waals surface area contributed by atoms with Crippen LogP contribution in [0.1, 0.15) is 11.1 Å². The van der Waals surface area contributed by atoms with Crippen LogP contribution in [-0.4, -0.2) is 44.8 Å². The summed E-state index contributed by atoms with van der Waals surface area (Å²) in [4.78, 5) is 28.7. The van der Waals surface area contributed by atoms with Gasteiger partial charge in [-0.3, -0.25) is 13.9 Å². The minimum absolute atomic E-state index is 0.0407. The summed E-state index contributed by atoms with van der Waals surface area (Å²) in [6.07, 6.45) is 0.158. The molecule has 11 heteroatoms. The quantitative estimate of drug-likeness (QED) is 0.231. The SMILES string of the molecule is CNC(=O)[C@H](Cc1ccccc1)N(Cc1ccc(F)cc1)C(=O)CN(c1ccc(Cl)c(Cl)c1)S(=O)(=O)c1ccccc1. The number of benzene rings is 4. The predicted molar refractivity (Wildman–Crippen MR) is 162 cm³/mol. The van der Waals surface area contributed by atoms with Gasteiger partial charge in [0.15, 0.2) is 0 Å². The fourth-order valence-electron chi connectivity index (χ4n) is 4.40. The highest BCUT2D eigenvalue weighted by Gasteiger charge is 2.34. The maximum Gasteiger partial charge on any atom is 0.264 e. The van der Waals surface area contributed by atoms with Crippen LogP contribution in [0.4, 0.5) is 10.1 Å². The van der Waals surface area contributed by atoms with Gasteiger partial charge in [-0.2, -0.15) is 0 Å². The zero-order valence-corrected chi connectivity index (χ0v) is 24.9. The molecule has 0 spiro atoms. The molecule has 42 heavy (non-hydrogen) atoms. The number of sulfonamides is 1. The van der Waals surface area contributed by atoms with Crippen LogP contribution in [0.2, 0.25) is 10.0 Å². The van der Waals surface area contributed by atoms with Crippen molar-refractivity contribution in [3.05, 3.63) is 130 Å². The number of rotatable bonds is 11. The third-order valence-electron chi connectivity index (χ3n) is 6.58. The van der Waals surface area contributed by atoms with E-state index in [0.29, 0.717) is 5.56 Å². The molecule has 4 aromatic carbocycles. The molecule has 0 aliphatic heterocycles. The van der Waals surface area contributed by atoms with E-state index < -0.39 is 40.2 Å². The number of anilines is 1.